The number of ether oxygens (including phenoxy) is 1. The molecule has 0 aliphatic carbocycles. The topological polar surface area (TPSA) is 39.4 Å². The van der Waals surface area contributed by atoms with Gasteiger partial charge in [-0.25, -0.2) is 0 Å². The third-order valence-electron chi connectivity index (χ3n) is 3.71. The Balaban J connectivity index is 2.25. The first-order chi connectivity index (χ1) is 10.6. The van der Waals surface area contributed by atoms with E-state index in [2.05, 4.69) is 15.9 Å². The number of fused-ring (bicyclic) bond motifs is 1. The Morgan fingerprint density at radius 2 is 1.91 bits per heavy atom. The largest absolute Gasteiger partial charge is 0.496 e. The number of benzene rings is 2. The number of hydrogen-bond donors (Lipinski definition) is 0. The Hall–Kier alpha value is -2.07. The van der Waals surface area contributed by atoms with Gasteiger partial charge in [0, 0.05) is 10.5 Å². The molecule has 0 saturated carbocycles. The van der Waals surface area contributed by atoms with E-state index in [-0.39, 0.29) is 5.43 Å². The molecular formula is C18H15BrO3. The van der Waals surface area contributed by atoms with Crippen molar-refractivity contribution >= 4 is 26.9 Å². The average molecular weight is 359 g/mol. The predicted molar refractivity (Wildman–Crippen MR) is 91.6 cm³/mol. The van der Waals surface area contributed by atoms with Crippen molar-refractivity contribution in [3.63, 3.8) is 0 Å². The molecule has 0 spiro atoms. The normalized spacial score (nSPS) is 10.9. The molecule has 0 aliphatic heterocycles. The molecule has 0 amide bonds. The van der Waals surface area contributed by atoms with E-state index in [1.165, 1.54) is 6.26 Å². The van der Waals surface area contributed by atoms with Crippen LogP contribution < -0.4 is 10.2 Å². The van der Waals surface area contributed by atoms with Crippen molar-refractivity contribution in [3.05, 3.63) is 62.9 Å². The van der Waals surface area contributed by atoms with Crippen LogP contribution in [0.2, 0.25) is 0 Å². The summed E-state index contributed by atoms with van der Waals surface area (Å²) in [5.41, 5.74) is 2.91. The summed E-state index contributed by atoms with van der Waals surface area (Å²) in [6.45, 7) is 2.03. The Bertz CT molecular complexity index is 879. The van der Waals surface area contributed by atoms with Crippen molar-refractivity contribution < 1.29 is 9.15 Å². The third-order valence-corrected chi connectivity index (χ3v) is 4.24. The van der Waals surface area contributed by atoms with Crippen molar-refractivity contribution in [2.24, 2.45) is 0 Å². The molecule has 112 valence electrons. The second-order valence-corrected chi connectivity index (χ2v) is 5.91. The fourth-order valence-corrected chi connectivity index (χ4v) is 2.76. The summed E-state index contributed by atoms with van der Waals surface area (Å²) in [5, 5.41) is 0.582. The maximum atomic E-state index is 12.8. The summed E-state index contributed by atoms with van der Waals surface area (Å²) < 4.78 is 12.0. The predicted octanol–water partition coefficient (Wildman–Crippen LogP) is 4.79. The highest BCUT2D eigenvalue weighted by Gasteiger charge is 2.12. The lowest BCUT2D eigenvalue weighted by molar-refractivity contribution is 0.409. The van der Waals surface area contributed by atoms with Crippen LogP contribution in [0.25, 0.3) is 22.1 Å². The van der Waals surface area contributed by atoms with Gasteiger partial charge in [0.15, 0.2) is 0 Å². The first-order valence-corrected chi connectivity index (χ1v) is 7.81. The second-order valence-electron chi connectivity index (χ2n) is 5.00. The zero-order valence-electron chi connectivity index (χ0n) is 12.4. The highest BCUT2D eigenvalue weighted by atomic mass is 79.9. The van der Waals surface area contributed by atoms with E-state index >= 15 is 0 Å². The fraction of sp³-hybridized carbons (Fsp3) is 0.167. The van der Waals surface area contributed by atoms with Gasteiger partial charge in [0.25, 0.3) is 0 Å². The van der Waals surface area contributed by atoms with E-state index in [0.717, 1.165) is 27.8 Å². The molecule has 4 heteroatoms. The van der Waals surface area contributed by atoms with E-state index in [4.69, 9.17) is 9.15 Å². The number of rotatable bonds is 3. The first-order valence-electron chi connectivity index (χ1n) is 7.02. The molecule has 0 fully saturated rings. The summed E-state index contributed by atoms with van der Waals surface area (Å²) in [5.74, 6) is 0.745. The zero-order chi connectivity index (χ0) is 15.7. The van der Waals surface area contributed by atoms with Gasteiger partial charge in [-0.1, -0.05) is 35.0 Å². The minimum Gasteiger partial charge on any atom is -0.496 e. The van der Waals surface area contributed by atoms with Crippen LogP contribution in [0.3, 0.4) is 0 Å². The Morgan fingerprint density at radius 3 is 2.55 bits per heavy atom. The third kappa shape index (κ3) is 2.55. The number of hydrogen-bond acceptors (Lipinski definition) is 3. The molecule has 1 heterocycles. The zero-order valence-corrected chi connectivity index (χ0v) is 13.9. The van der Waals surface area contributed by atoms with Crippen molar-refractivity contribution in [3.8, 4) is 16.9 Å². The Labute approximate surface area is 136 Å². The first kappa shape index (κ1) is 14.9. The molecule has 0 radical (unpaired) electrons. The van der Waals surface area contributed by atoms with Crippen LogP contribution >= 0.6 is 15.9 Å². The standard InChI is InChI=1S/C18H15BrO3/c1-3-11-8-14-17(9-16(11)21-2)22-10-15(18(14)20)12-4-6-13(19)7-5-12/h4-10H,3H2,1-2H3. The van der Waals surface area contributed by atoms with Crippen LogP contribution in [0, 0.1) is 0 Å². The van der Waals surface area contributed by atoms with Gasteiger partial charge in [-0.15, -0.1) is 0 Å². The monoisotopic (exact) mass is 358 g/mol. The molecule has 0 bridgehead atoms. The van der Waals surface area contributed by atoms with Crippen LogP contribution in [-0.2, 0) is 6.42 Å². The van der Waals surface area contributed by atoms with Crippen molar-refractivity contribution in [2.45, 2.75) is 13.3 Å². The van der Waals surface area contributed by atoms with Crippen LogP contribution in [0.4, 0.5) is 0 Å². The van der Waals surface area contributed by atoms with E-state index in [0.29, 0.717) is 16.5 Å². The molecule has 1 aromatic heterocycles. The van der Waals surface area contributed by atoms with Crippen LogP contribution in [0.1, 0.15) is 12.5 Å². The van der Waals surface area contributed by atoms with Gasteiger partial charge in [0.05, 0.1) is 18.1 Å². The maximum absolute atomic E-state index is 12.8. The quantitative estimate of drug-likeness (QED) is 0.675. The van der Waals surface area contributed by atoms with Gasteiger partial charge < -0.3 is 9.15 Å². The van der Waals surface area contributed by atoms with E-state index in [1.807, 2.05) is 37.3 Å². The molecule has 0 unspecified atom stereocenters. The maximum Gasteiger partial charge on any atom is 0.200 e. The molecule has 2 aromatic carbocycles. The second kappa shape index (κ2) is 5.97. The molecule has 22 heavy (non-hydrogen) atoms. The summed E-state index contributed by atoms with van der Waals surface area (Å²) in [6, 6.07) is 11.2. The van der Waals surface area contributed by atoms with Gasteiger partial charge in [0.1, 0.15) is 17.6 Å². The molecule has 3 aromatic rings. The van der Waals surface area contributed by atoms with Crippen molar-refractivity contribution in [2.75, 3.05) is 7.11 Å². The van der Waals surface area contributed by atoms with Gasteiger partial charge in [-0.05, 0) is 35.7 Å². The molecule has 0 aliphatic rings. The summed E-state index contributed by atoms with van der Waals surface area (Å²) in [7, 11) is 1.62. The number of halogens is 1. The molecule has 3 nitrogen and oxygen atoms in total. The van der Waals surface area contributed by atoms with Gasteiger partial charge in [-0.2, -0.15) is 0 Å². The highest BCUT2D eigenvalue weighted by Crippen LogP contribution is 2.27. The summed E-state index contributed by atoms with van der Waals surface area (Å²) >= 11 is 3.40. The van der Waals surface area contributed by atoms with Crippen LogP contribution in [0.5, 0.6) is 5.75 Å². The van der Waals surface area contributed by atoms with Crippen LogP contribution in [0.15, 0.2) is 56.3 Å². The van der Waals surface area contributed by atoms with E-state index in [9.17, 15) is 4.79 Å². The Kier molecular flexibility index (Phi) is 4.03. The minimum atomic E-state index is -0.0269. The molecule has 0 saturated heterocycles. The Morgan fingerprint density at radius 1 is 1.18 bits per heavy atom. The highest BCUT2D eigenvalue weighted by molar-refractivity contribution is 9.10. The van der Waals surface area contributed by atoms with Gasteiger partial charge in [0.2, 0.25) is 5.43 Å². The summed E-state index contributed by atoms with van der Waals surface area (Å²) in [6.07, 6.45) is 2.31. The average Bonchev–Trinajstić information content (AvgIpc) is 2.55. The lowest BCUT2D eigenvalue weighted by atomic mass is 10.0. The van der Waals surface area contributed by atoms with Crippen molar-refractivity contribution in [1.82, 2.24) is 0 Å². The molecule has 3 rings (SSSR count). The van der Waals surface area contributed by atoms with Gasteiger partial charge >= 0.3 is 0 Å². The van der Waals surface area contributed by atoms with E-state index in [1.54, 1.807) is 13.2 Å². The summed E-state index contributed by atoms with van der Waals surface area (Å²) in [4.78, 5) is 12.8. The van der Waals surface area contributed by atoms with E-state index < -0.39 is 0 Å². The van der Waals surface area contributed by atoms with Crippen LogP contribution in [-0.4, -0.2) is 7.11 Å². The number of methoxy groups -OCH3 is 1. The molecule has 0 N–H and O–H groups in total. The fourth-order valence-electron chi connectivity index (χ4n) is 2.50. The molecule has 0 atom stereocenters. The SMILES string of the molecule is CCc1cc2c(=O)c(-c3ccc(Br)cc3)coc2cc1OC. The lowest BCUT2D eigenvalue weighted by Gasteiger charge is -2.09. The van der Waals surface area contributed by atoms with Gasteiger partial charge in [-0.3, -0.25) is 4.79 Å². The smallest absolute Gasteiger partial charge is 0.200 e. The number of aryl methyl sites for hydroxylation is 1. The minimum absolute atomic E-state index is 0.0269. The molecular weight excluding hydrogens is 344 g/mol. The lowest BCUT2D eigenvalue weighted by Crippen LogP contribution is -2.06. The van der Waals surface area contributed by atoms with Crippen molar-refractivity contribution in [1.29, 1.82) is 0 Å².